The molecule has 0 N–H and O–H groups in total. The lowest BCUT2D eigenvalue weighted by atomic mass is 10.0. The van der Waals surface area contributed by atoms with Crippen molar-refractivity contribution in [2.24, 2.45) is 0 Å². The summed E-state index contributed by atoms with van der Waals surface area (Å²) in [6, 6.07) is 15.9. The molecule has 4 nitrogen and oxygen atoms in total. The zero-order chi connectivity index (χ0) is 15.8. The van der Waals surface area contributed by atoms with Crippen LogP contribution in [0.4, 0.5) is 0 Å². The summed E-state index contributed by atoms with van der Waals surface area (Å²) >= 11 is 0. The van der Waals surface area contributed by atoms with E-state index in [0.717, 1.165) is 39.3 Å². The number of hydrogen-bond acceptors (Lipinski definition) is 4. The normalized spacial score (nSPS) is 11.0. The Morgan fingerprint density at radius 1 is 0.870 bits per heavy atom. The molecule has 4 heteroatoms. The van der Waals surface area contributed by atoms with Gasteiger partial charge >= 0.3 is 0 Å². The molecule has 3 heterocycles. The summed E-state index contributed by atoms with van der Waals surface area (Å²) in [5.41, 5.74) is 4.45. The molecule has 0 spiro atoms. The molecule has 0 aliphatic rings. The molecule has 0 amide bonds. The molecule has 0 saturated carbocycles. The van der Waals surface area contributed by atoms with Crippen LogP contribution in [0.5, 0.6) is 0 Å². The minimum atomic E-state index is 0.624. The Morgan fingerprint density at radius 2 is 1.74 bits per heavy atom. The molecular weight excluding hydrogens is 286 g/mol. The highest BCUT2D eigenvalue weighted by molar-refractivity contribution is 5.95. The predicted molar refractivity (Wildman–Crippen MR) is 89.9 cm³/mol. The zero-order valence-electron chi connectivity index (χ0n) is 12.9. The maximum absolute atomic E-state index is 5.92. The van der Waals surface area contributed by atoms with Gasteiger partial charge in [0.15, 0.2) is 11.7 Å². The number of oxazole rings is 1. The van der Waals surface area contributed by atoms with Crippen LogP contribution in [0.25, 0.3) is 33.6 Å². The van der Waals surface area contributed by atoms with Crippen molar-refractivity contribution in [2.45, 2.75) is 13.8 Å². The predicted octanol–water partition coefficient (Wildman–Crippen LogP) is 4.57. The maximum atomic E-state index is 5.92. The van der Waals surface area contributed by atoms with Gasteiger partial charge in [-0.1, -0.05) is 24.3 Å². The summed E-state index contributed by atoms with van der Waals surface area (Å²) in [4.78, 5) is 13.6. The lowest BCUT2D eigenvalue weighted by Crippen LogP contribution is -1.90. The van der Waals surface area contributed by atoms with E-state index >= 15 is 0 Å². The number of rotatable bonds is 2. The van der Waals surface area contributed by atoms with Crippen molar-refractivity contribution in [1.82, 2.24) is 15.0 Å². The van der Waals surface area contributed by atoms with Crippen molar-refractivity contribution >= 4 is 10.9 Å². The van der Waals surface area contributed by atoms with Crippen molar-refractivity contribution in [2.75, 3.05) is 0 Å². The Balaban J connectivity index is 1.99. The minimum absolute atomic E-state index is 0.624. The molecule has 0 aliphatic carbocycles. The van der Waals surface area contributed by atoms with E-state index in [1.54, 1.807) is 6.20 Å². The van der Waals surface area contributed by atoms with Crippen LogP contribution in [0, 0.1) is 13.8 Å². The minimum Gasteiger partial charge on any atom is -0.440 e. The van der Waals surface area contributed by atoms with E-state index in [1.165, 1.54) is 0 Å². The van der Waals surface area contributed by atoms with Gasteiger partial charge in [-0.15, -0.1) is 0 Å². The van der Waals surface area contributed by atoms with E-state index in [2.05, 4.69) is 15.0 Å². The maximum Gasteiger partial charge on any atom is 0.192 e. The summed E-state index contributed by atoms with van der Waals surface area (Å²) in [6.07, 6.45) is 1.79. The topological polar surface area (TPSA) is 51.8 Å². The SMILES string of the molecule is Cc1cccc(-c2nc(C)oc2-c2ccnc3ccccc23)n1. The first kappa shape index (κ1) is 13.6. The van der Waals surface area contributed by atoms with Gasteiger partial charge in [0.05, 0.1) is 11.2 Å². The van der Waals surface area contributed by atoms with Crippen molar-refractivity contribution in [3.8, 4) is 22.7 Å². The van der Waals surface area contributed by atoms with Crippen LogP contribution in [-0.2, 0) is 0 Å². The average molecular weight is 301 g/mol. The lowest BCUT2D eigenvalue weighted by molar-refractivity contribution is 0.535. The molecule has 0 radical (unpaired) electrons. The molecule has 0 aliphatic heterocycles. The summed E-state index contributed by atoms with van der Waals surface area (Å²) < 4.78 is 5.92. The largest absolute Gasteiger partial charge is 0.440 e. The second kappa shape index (κ2) is 5.32. The van der Waals surface area contributed by atoms with Gasteiger partial charge in [0.2, 0.25) is 0 Å². The molecule has 4 aromatic rings. The van der Waals surface area contributed by atoms with E-state index in [4.69, 9.17) is 4.42 Å². The van der Waals surface area contributed by atoms with Crippen LogP contribution in [0.3, 0.4) is 0 Å². The molecule has 0 fully saturated rings. The van der Waals surface area contributed by atoms with Gasteiger partial charge in [0.25, 0.3) is 0 Å². The van der Waals surface area contributed by atoms with Gasteiger partial charge in [-0.2, -0.15) is 0 Å². The van der Waals surface area contributed by atoms with Crippen molar-refractivity contribution in [3.05, 3.63) is 66.3 Å². The fraction of sp³-hybridized carbons (Fsp3) is 0.105. The Morgan fingerprint density at radius 3 is 2.61 bits per heavy atom. The number of para-hydroxylation sites is 1. The third-order valence-corrected chi connectivity index (χ3v) is 3.76. The highest BCUT2D eigenvalue weighted by Crippen LogP contribution is 2.35. The second-order valence-corrected chi connectivity index (χ2v) is 5.45. The summed E-state index contributed by atoms with van der Waals surface area (Å²) in [5, 5.41) is 1.04. The van der Waals surface area contributed by atoms with Crippen LogP contribution >= 0.6 is 0 Å². The standard InChI is InChI=1S/C19H15N3O/c1-12-6-5-9-17(21-12)18-19(23-13(2)22-18)15-10-11-20-16-8-4-3-7-14(15)16/h3-11H,1-2H3. The lowest BCUT2D eigenvalue weighted by Gasteiger charge is -2.05. The summed E-state index contributed by atoms with van der Waals surface area (Å²) in [5.74, 6) is 1.36. The van der Waals surface area contributed by atoms with E-state index in [-0.39, 0.29) is 0 Å². The Kier molecular flexibility index (Phi) is 3.15. The van der Waals surface area contributed by atoms with Crippen LogP contribution < -0.4 is 0 Å². The molecule has 0 unspecified atom stereocenters. The van der Waals surface area contributed by atoms with Crippen molar-refractivity contribution in [1.29, 1.82) is 0 Å². The van der Waals surface area contributed by atoms with Crippen LogP contribution in [-0.4, -0.2) is 15.0 Å². The number of fused-ring (bicyclic) bond motifs is 1. The molecule has 3 aromatic heterocycles. The van der Waals surface area contributed by atoms with Crippen molar-refractivity contribution < 1.29 is 4.42 Å². The average Bonchev–Trinajstić information content (AvgIpc) is 2.96. The van der Waals surface area contributed by atoms with Crippen LogP contribution in [0.15, 0.2) is 59.1 Å². The van der Waals surface area contributed by atoms with Crippen LogP contribution in [0.1, 0.15) is 11.6 Å². The zero-order valence-corrected chi connectivity index (χ0v) is 12.9. The van der Waals surface area contributed by atoms with Gasteiger partial charge < -0.3 is 4.42 Å². The molecule has 0 bridgehead atoms. The van der Waals surface area contributed by atoms with E-state index in [9.17, 15) is 0 Å². The fourth-order valence-electron chi connectivity index (χ4n) is 2.75. The summed E-state index contributed by atoms with van der Waals surface area (Å²) in [6.45, 7) is 3.82. The first-order chi connectivity index (χ1) is 11.2. The second-order valence-electron chi connectivity index (χ2n) is 5.45. The van der Waals surface area contributed by atoms with Gasteiger partial charge in [-0.05, 0) is 31.2 Å². The molecule has 0 atom stereocenters. The van der Waals surface area contributed by atoms with Gasteiger partial charge in [0, 0.05) is 29.8 Å². The van der Waals surface area contributed by atoms with Gasteiger partial charge in [0.1, 0.15) is 5.69 Å². The highest BCUT2D eigenvalue weighted by atomic mass is 16.4. The van der Waals surface area contributed by atoms with E-state index in [1.807, 2.05) is 62.4 Å². The summed E-state index contributed by atoms with van der Waals surface area (Å²) in [7, 11) is 0. The van der Waals surface area contributed by atoms with Crippen LogP contribution in [0.2, 0.25) is 0 Å². The highest BCUT2D eigenvalue weighted by Gasteiger charge is 2.18. The monoisotopic (exact) mass is 301 g/mol. The van der Waals surface area contributed by atoms with Gasteiger partial charge in [-0.3, -0.25) is 9.97 Å². The Labute approximate surface area is 133 Å². The number of pyridine rings is 2. The molecule has 112 valence electrons. The molecular formula is C19H15N3O. The Bertz CT molecular complexity index is 999. The number of aromatic nitrogens is 3. The van der Waals surface area contributed by atoms with Gasteiger partial charge in [-0.25, -0.2) is 4.98 Å². The van der Waals surface area contributed by atoms with E-state index < -0.39 is 0 Å². The third kappa shape index (κ3) is 2.38. The smallest absolute Gasteiger partial charge is 0.192 e. The fourth-order valence-corrected chi connectivity index (χ4v) is 2.75. The Hall–Kier alpha value is -3.01. The number of benzene rings is 1. The first-order valence-corrected chi connectivity index (χ1v) is 7.48. The number of hydrogen-bond donors (Lipinski definition) is 0. The molecule has 1 aromatic carbocycles. The number of aryl methyl sites for hydroxylation is 2. The molecule has 23 heavy (non-hydrogen) atoms. The number of nitrogens with zero attached hydrogens (tertiary/aromatic N) is 3. The van der Waals surface area contributed by atoms with Crippen molar-refractivity contribution in [3.63, 3.8) is 0 Å². The quantitative estimate of drug-likeness (QED) is 0.544. The third-order valence-electron chi connectivity index (χ3n) is 3.76. The van der Waals surface area contributed by atoms with E-state index in [0.29, 0.717) is 5.89 Å². The molecule has 4 rings (SSSR count). The molecule has 0 saturated heterocycles. The first-order valence-electron chi connectivity index (χ1n) is 7.48.